The van der Waals surface area contributed by atoms with Gasteiger partial charge in [0.25, 0.3) is 0 Å². The Balaban J connectivity index is 2.05. The summed E-state index contributed by atoms with van der Waals surface area (Å²) < 4.78 is 39.7. The summed E-state index contributed by atoms with van der Waals surface area (Å²) in [4.78, 5) is 11.4. The van der Waals surface area contributed by atoms with E-state index in [4.69, 9.17) is 0 Å². The molecule has 0 unspecified atom stereocenters. The Bertz CT molecular complexity index is 374. The van der Waals surface area contributed by atoms with Crippen LogP contribution in [0.15, 0.2) is 30.3 Å². The number of aryl methyl sites for hydroxylation is 1. The van der Waals surface area contributed by atoms with Crippen LogP contribution in [0.5, 0.6) is 0 Å². The van der Waals surface area contributed by atoms with Crippen molar-refractivity contribution in [1.82, 2.24) is 0 Å². The number of hydrogen-bond donors (Lipinski definition) is 0. The van der Waals surface area contributed by atoms with Gasteiger partial charge in [0.2, 0.25) is 0 Å². The first-order valence-electron chi connectivity index (χ1n) is 6.17. The molecule has 0 aliphatic carbocycles. The second-order valence-corrected chi connectivity index (χ2v) is 4.30. The molecular formula is C14H17F3O2. The van der Waals surface area contributed by atoms with Gasteiger partial charge in [0.15, 0.2) is 0 Å². The molecule has 0 atom stereocenters. The molecule has 0 amide bonds. The van der Waals surface area contributed by atoms with Crippen molar-refractivity contribution in [1.29, 1.82) is 0 Å². The molecule has 106 valence electrons. The number of ether oxygens (including phenoxy) is 1. The Labute approximate surface area is 110 Å². The van der Waals surface area contributed by atoms with Crippen molar-refractivity contribution in [3.63, 3.8) is 0 Å². The van der Waals surface area contributed by atoms with Gasteiger partial charge in [0, 0.05) is 12.8 Å². The van der Waals surface area contributed by atoms with Gasteiger partial charge in [-0.05, 0) is 18.4 Å². The van der Waals surface area contributed by atoms with E-state index in [1.54, 1.807) is 0 Å². The number of rotatable bonds is 8. The number of Topliss-reactive ketones (excluding diaryl/α,β-unsaturated/α-hetero) is 1. The molecular weight excluding hydrogens is 257 g/mol. The second-order valence-electron chi connectivity index (χ2n) is 4.30. The van der Waals surface area contributed by atoms with E-state index in [0.717, 1.165) is 12.0 Å². The Kier molecular flexibility index (Phi) is 6.56. The van der Waals surface area contributed by atoms with Crippen LogP contribution < -0.4 is 0 Å². The highest BCUT2D eigenvalue weighted by atomic mass is 19.4. The molecule has 0 saturated heterocycles. The monoisotopic (exact) mass is 274 g/mol. The Morgan fingerprint density at radius 2 is 1.79 bits per heavy atom. The minimum atomic E-state index is -4.32. The van der Waals surface area contributed by atoms with Gasteiger partial charge in [-0.25, -0.2) is 0 Å². The molecule has 5 heteroatoms. The average Bonchev–Trinajstić information content (AvgIpc) is 2.35. The zero-order chi connectivity index (χ0) is 14.1. The van der Waals surface area contributed by atoms with Crippen LogP contribution in [-0.4, -0.2) is 25.2 Å². The van der Waals surface area contributed by atoms with Crippen molar-refractivity contribution < 1.29 is 22.7 Å². The number of carbonyl (C=O) groups excluding carboxylic acids is 1. The molecule has 0 spiro atoms. The third-order valence-corrected chi connectivity index (χ3v) is 2.55. The Morgan fingerprint density at radius 1 is 1.11 bits per heavy atom. The summed E-state index contributed by atoms with van der Waals surface area (Å²) in [5, 5.41) is 0. The number of ketones is 1. The van der Waals surface area contributed by atoms with Crippen LogP contribution in [0.25, 0.3) is 0 Å². The van der Waals surface area contributed by atoms with Crippen molar-refractivity contribution in [2.24, 2.45) is 0 Å². The fourth-order valence-corrected chi connectivity index (χ4v) is 1.63. The maximum absolute atomic E-state index is 11.8. The first-order chi connectivity index (χ1) is 8.97. The van der Waals surface area contributed by atoms with E-state index in [2.05, 4.69) is 4.74 Å². The highest BCUT2D eigenvalue weighted by Crippen LogP contribution is 2.14. The lowest BCUT2D eigenvalue weighted by atomic mass is 10.1. The maximum Gasteiger partial charge on any atom is 0.411 e. The van der Waals surface area contributed by atoms with Gasteiger partial charge in [-0.15, -0.1) is 0 Å². The number of benzene rings is 1. The molecule has 1 aromatic carbocycles. The van der Waals surface area contributed by atoms with E-state index in [1.165, 1.54) is 0 Å². The summed E-state index contributed by atoms with van der Waals surface area (Å²) in [5.74, 6) is -0.0573. The molecule has 2 nitrogen and oxygen atoms in total. The summed E-state index contributed by atoms with van der Waals surface area (Å²) >= 11 is 0. The minimum absolute atomic E-state index is 0.0465. The van der Waals surface area contributed by atoms with Gasteiger partial charge >= 0.3 is 6.18 Å². The van der Waals surface area contributed by atoms with E-state index in [0.29, 0.717) is 12.8 Å². The second kappa shape index (κ2) is 7.94. The third-order valence-electron chi connectivity index (χ3n) is 2.55. The molecule has 0 fully saturated rings. The number of hydrogen-bond acceptors (Lipinski definition) is 2. The van der Waals surface area contributed by atoms with Gasteiger partial charge < -0.3 is 4.74 Å². The van der Waals surface area contributed by atoms with E-state index in [-0.39, 0.29) is 18.8 Å². The lowest BCUT2D eigenvalue weighted by molar-refractivity contribution is -0.174. The summed E-state index contributed by atoms with van der Waals surface area (Å²) in [6, 6.07) is 9.75. The smallest absolute Gasteiger partial charge is 0.372 e. The normalized spacial score (nSPS) is 11.5. The highest BCUT2D eigenvalue weighted by Gasteiger charge is 2.27. The molecule has 0 heterocycles. The maximum atomic E-state index is 11.8. The van der Waals surface area contributed by atoms with Crippen LogP contribution in [0.2, 0.25) is 0 Å². The fraction of sp³-hybridized carbons (Fsp3) is 0.500. The number of carbonyl (C=O) groups is 1. The fourth-order valence-electron chi connectivity index (χ4n) is 1.63. The van der Waals surface area contributed by atoms with Crippen LogP contribution in [-0.2, 0) is 16.0 Å². The van der Waals surface area contributed by atoms with Gasteiger partial charge in [0.1, 0.15) is 12.4 Å². The van der Waals surface area contributed by atoms with Crippen LogP contribution in [0, 0.1) is 0 Å². The molecule has 0 aliphatic rings. The van der Waals surface area contributed by atoms with E-state index in [9.17, 15) is 18.0 Å². The van der Waals surface area contributed by atoms with Crippen molar-refractivity contribution in [3.8, 4) is 0 Å². The van der Waals surface area contributed by atoms with Crippen molar-refractivity contribution in [2.75, 3.05) is 13.2 Å². The predicted molar refractivity (Wildman–Crippen MR) is 65.9 cm³/mol. The lowest BCUT2D eigenvalue weighted by Crippen LogP contribution is -2.18. The van der Waals surface area contributed by atoms with Crippen molar-refractivity contribution in [3.05, 3.63) is 35.9 Å². The van der Waals surface area contributed by atoms with E-state index < -0.39 is 12.8 Å². The lowest BCUT2D eigenvalue weighted by Gasteiger charge is -2.07. The van der Waals surface area contributed by atoms with E-state index >= 15 is 0 Å². The molecule has 0 saturated carbocycles. The summed E-state index contributed by atoms with van der Waals surface area (Å²) in [7, 11) is 0. The molecule has 0 N–H and O–H groups in total. The quantitative estimate of drug-likeness (QED) is 0.678. The minimum Gasteiger partial charge on any atom is -0.372 e. The molecule has 1 rings (SSSR count). The van der Waals surface area contributed by atoms with Gasteiger partial charge in [-0.1, -0.05) is 30.3 Å². The standard InChI is InChI=1S/C14H17F3O2/c15-14(16,17)11-19-10-9-13(18)8-4-7-12-5-2-1-3-6-12/h1-3,5-6H,4,7-11H2. The molecule has 0 aromatic heterocycles. The van der Waals surface area contributed by atoms with Crippen LogP contribution in [0.4, 0.5) is 13.2 Å². The first-order valence-corrected chi connectivity index (χ1v) is 6.17. The summed E-state index contributed by atoms with van der Waals surface area (Å²) in [6.45, 7) is -1.45. The van der Waals surface area contributed by atoms with Crippen LogP contribution in [0.1, 0.15) is 24.8 Å². The van der Waals surface area contributed by atoms with Crippen molar-refractivity contribution >= 4 is 5.78 Å². The summed E-state index contributed by atoms with van der Waals surface area (Å²) in [5.41, 5.74) is 1.16. The van der Waals surface area contributed by atoms with Gasteiger partial charge in [0.05, 0.1) is 6.61 Å². The molecule has 0 aliphatic heterocycles. The molecule has 0 radical (unpaired) electrons. The SMILES string of the molecule is O=C(CCCc1ccccc1)CCOCC(F)(F)F. The summed E-state index contributed by atoms with van der Waals surface area (Å²) in [6.07, 6.45) is -2.39. The molecule has 0 bridgehead atoms. The van der Waals surface area contributed by atoms with Crippen molar-refractivity contribution in [2.45, 2.75) is 31.9 Å². The zero-order valence-electron chi connectivity index (χ0n) is 10.6. The third kappa shape index (κ3) is 8.37. The zero-order valence-corrected chi connectivity index (χ0v) is 10.6. The van der Waals surface area contributed by atoms with Crippen LogP contribution in [0.3, 0.4) is 0 Å². The van der Waals surface area contributed by atoms with Crippen LogP contribution >= 0.6 is 0 Å². The highest BCUT2D eigenvalue weighted by molar-refractivity contribution is 5.78. The number of alkyl halides is 3. The molecule has 19 heavy (non-hydrogen) atoms. The van der Waals surface area contributed by atoms with Gasteiger partial charge in [-0.2, -0.15) is 13.2 Å². The van der Waals surface area contributed by atoms with Gasteiger partial charge in [-0.3, -0.25) is 4.79 Å². The van der Waals surface area contributed by atoms with E-state index in [1.807, 2.05) is 30.3 Å². The molecule has 1 aromatic rings. The first kappa shape index (κ1) is 15.7. The number of halogens is 3. The predicted octanol–water partition coefficient (Wildman–Crippen LogP) is 3.55. The Morgan fingerprint density at radius 3 is 2.42 bits per heavy atom. The Hall–Kier alpha value is -1.36. The largest absolute Gasteiger partial charge is 0.411 e. The topological polar surface area (TPSA) is 26.3 Å². The average molecular weight is 274 g/mol.